The van der Waals surface area contributed by atoms with Crippen LogP contribution in [0.5, 0.6) is 0 Å². The summed E-state index contributed by atoms with van der Waals surface area (Å²) in [6.45, 7) is 17.8. The second kappa shape index (κ2) is 9.39. The SMILES string of the molecule is CCCC(C)N(N)C(C)CC(C)C1C(C)CC(C)N(C)CC1C. The summed E-state index contributed by atoms with van der Waals surface area (Å²) in [5.41, 5.74) is 0. The van der Waals surface area contributed by atoms with Crippen LogP contribution in [0.2, 0.25) is 0 Å². The minimum absolute atomic E-state index is 0.462. The van der Waals surface area contributed by atoms with Crippen LogP contribution in [0, 0.1) is 23.7 Å². The fourth-order valence-corrected chi connectivity index (χ4v) is 5.13. The van der Waals surface area contributed by atoms with Gasteiger partial charge in [-0.3, -0.25) is 5.84 Å². The van der Waals surface area contributed by atoms with E-state index in [1.807, 2.05) is 0 Å². The van der Waals surface area contributed by atoms with Crippen LogP contribution >= 0.6 is 0 Å². The van der Waals surface area contributed by atoms with Crippen molar-refractivity contribution in [2.45, 2.75) is 92.3 Å². The van der Waals surface area contributed by atoms with Crippen LogP contribution in [0.4, 0.5) is 0 Å². The van der Waals surface area contributed by atoms with Gasteiger partial charge in [0.2, 0.25) is 0 Å². The van der Waals surface area contributed by atoms with E-state index in [9.17, 15) is 0 Å². The van der Waals surface area contributed by atoms with Crippen LogP contribution in [0.3, 0.4) is 0 Å². The van der Waals surface area contributed by atoms with Gasteiger partial charge < -0.3 is 4.90 Å². The fourth-order valence-electron chi connectivity index (χ4n) is 5.13. The molecular weight excluding hydrogens is 282 g/mol. The number of hydrazine groups is 1. The molecule has 3 heteroatoms. The quantitative estimate of drug-likeness (QED) is 0.557. The van der Waals surface area contributed by atoms with Crippen LogP contribution in [-0.2, 0) is 0 Å². The monoisotopic (exact) mass is 325 g/mol. The molecule has 1 rings (SSSR count). The topological polar surface area (TPSA) is 32.5 Å². The molecule has 1 heterocycles. The summed E-state index contributed by atoms with van der Waals surface area (Å²) in [6, 6.07) is 1.65. The molecule has 0 aromatic rings. The smallest absolute Gasteiger partial charge is 0.0218 e. The molecule has 1 saturated heterocycles. The molecule has 7 atom stereocenters. The van der Waals surface area contributed by atoms with Gasteiger partial charge in [-0.15, -0.1) is 0 Å². The molecule has 0 saturated carbocycles. The Bertz CT molecular complexity index is 317. The summed E-state index contributed by atoms with van der Waals surface area (Å²) in [5, 5.41) is 2.11. The molecule has 3 nitrogen and oxygen atoms in total. The Morgan fingerprint density at radius 2 is 1.70 bits per heavy atom. The molecule has 0 amide bonds. The standard InChI is InChI=1S/C20H43N3/c1-9-10-17(5)23(21)19(7)12-15(3)20-14(2)11-18(6)22(8)13-16(20)4/h14-20H,9-13,21H2,1-8H3. The van der Waals surface area contributed by atoms with Gasteiger partial charge in [-0.1, -0.05) is 34.1 Å². The third-order valence-corrected chi connectivity index (χ3v) is 6.45. The highest BCUT2D eigenvalue weighted by molar-refractivity contribution is 4.86. The third-order valence-electron chi connectivity index (χ3n) is 6.45. The summed E-state index contributed by atoms with van der Waals surface area (Å²) < 4.78 is 0. The Hall–Kier alpha value is -0.120. The van der Waals surface area contributed by atoms with Crippen molar-refractivity contribution in [3.05, 3.63) is 0 Å². The summed E-state index contributed by atoms with van der Waals surface area (Å²) in [4.78, 5) is 2.55. The van der Waals surface area contributed by atoms with Gasteiger partial charge in [0.15, 0.2) is 0 Å². The van der Waals surface area contributed by atoms with Gasteiger partial charge in [-0.2, -0.15) is 0 Å². The highest BCUT2D eigenvalue weighted by atomic mass is 15.4. The van der Waals surface area contributed by atoms with E-state index >= 15 is 0 Å². The first kappa shape index (κ1) is 20.9. The minimum Gasteiger partial charge on any atom is -0.303 e. The van der Waals surface area contributed by atoms with Gasteiger partial charge in [0, 0.05) is 24.7 Å². The zero-order valence-corrected chi connectivity index (χ0v) is 17.0. The first-order valence-corrected chi connectivity index (χ1v) is 9.92. The van der Waals surface area contributed by atoms with Crippen LogP contribution in [-0.4, -0.2) is 41.6 Å². The molecule has 0 radical (unpaired) electrons. The Balaban J connectivity index is 2.69. The van der Waals surface area contributed by atoms with Crippen LogP contribution in [0.15, 0.2) is 0 Å². The lowest BCUT2D eigenvalue weighted by molar-refractivity contribution is 0.0956. The highest BCUT2D eigenvalue weighted by Gasteiger charge is 2.35. The van der Waals surface area contributed by atoms with Gasteiger partial charge >= 0.3 is 0 Å². The van der Waals surface area contributed by atoms with E-state index in [1.54, 1.807) is 0 Å². The fraction of sp³-hybridized carbons (Fsp3) is 1.00. The lowest BCUT2D eigenvalue weighted by Gasteiger charge is -2.37. The maximum atomic E-state index is 6.39. The number of likely N-dealkylation sites (tertiary alicyclic amines) is 1. The van der Waals surface area contributed by atoms with Crippen LogP contribution < -0.4 is 5.84 Å². The molecule has 0 aliphatic carbocycles. The number of nitrogens with zero attached hydrogens (tertiary/aromatic N) is 2. The molecule has 1 aliphatic heterocycles. The highest BCUT2D eigenvalue weighted by Crippen LogP contribution is 2.38. The molecule has 138 valence electrons. The van der Waals surface area contributed by atoms with E-state index in [0.29, 0.717) is 18.1 Å². The largest absolute Gasteiger partial charge is 0.303 e. The summed E-state index contributed by atoms with van der Waals surface area (Å²) in [6.07, 6.45) is 4.93. The van der Waals surface area contributed by atoms with Crippen LogP contribution in [0.25, 0.3) is 0 Å². The van der Waals surface area contributed by atoms with Crippen molar-refractivity contribution in [1.29, 1.82) is 0 Å². The van der Waals surface area contributed by atoms with Gasteiger partial charge in [-0.25, -0.2) is 5.01 Å². The Labute approximate surface area is 145 Å². The first-order valence-electron chi connectivity index (χ1n) is 9.92. The maximum absolute atomic E-state index is 6.39. The molecule has 23 heavy (non-hydrogen) atoms. The van der Waals surface area contributed by atoms with Gasteiger partial charge in [0.05, 0.1) is 0 Å². The Kier molecular flexibility index (Phi) is 8.54. The molecule has 1 aliphatic rings. The van der Waals surface area contributed by atoms with Crippen molar-refractivity contribution in [2.75, 3.05) is 13.6 Å². The Morgan fingerprint density at radius 3 is 2.26 bits per heavy atom. The number of nitrogens with two attached hydrogens (primary N) is 1. The molecular formula is C20H43N3. The molecule has 0 spiro atoms. The molecule has 0 aromatic carbocycles. The van der Waals surface area contributed by atoms with Crippen molar-refractivity contribution in [3.63, 3.8) is 0 Å². The van der Waals surface area contributed by atoms with E-state index in [-0.39, 0.29) is 0 Å². The zero-order valence-electron chi connectivity index (χ0n) is 17.0. The molecule has 0 bridgehead atoms. The van der Waals surface area contributed by atoms with Crippen molar-refractivity contribution in [2.24, 2.45) is 29.5 Å². The van der Waals surface area contributed by atoms with E-state index in [0.717, 1.165) is 23.7 Å². The van der Waals surface area contributed by atoms with Crippen molar-refractivity contribution in [1.82, 2.24) is 9.91 Å². The van der Waals surface area contributed by atoms with E-state index in [1.165, 1.54) is 32.2 Å². The third kappa shape index (κ3) is 5.72. The first-order chi connectivity index (χ1) is 10.7. The van der Waals surface area contributed by atoms with E-state index < -0.39 is 0 Å². The second-order valence-corrected chi connectivity index (χ2v) is 8.70. The lowest BCUT2D eigenvalue weighted by Crippen LogP contribution is -2.47. The van der Waals surface area contributed by atoms with E-state index in [2.05, 4.69) is 65.4 Å². The van der Waals surface area contributed by atoms with Crippen molar-refractivity contribution >= 4 is 0 Å². The van der Waals surface area contributed by atoms with Crippen LogP contribution in [0.1, 0.15) is 74.1 Å². The van der Waals surface area contributed by atoms with Gasteiger partial charge in [0.25, 0.3) is 0 Å². The predicted molar refractivity (Wildman–Crippen MR) is 102 cm³/mol. The second-order valence-electron chi connectivity index (χ2n) is 8.70. The average molecular weight is 326 g/mol. The number of hydrogen-bond donors (Lipinski definition) is 1. The average Bonchev–Trinajstić information content (AvgIpc) is 2.54. The summed E-state index contributed by atoms with van der Waals surface area (Å²) >= 11 is 0. The normalized spacial score (nSPS) is 34.2. The predicted octanol–water partition coefficient (Wildman–Crippen LogP) is 4.38. The molecule has 1 fully saturated rings. The number of hydrogen-bond acceptors (Lipinski definition) is 3. The molecule has 7 unspecified atom stereocenters. The van der Waals surface area contributed by atoms with Gasteiger partial charge in [0.1, 0.15) is 0 Å². The van der Waals surface area contributed by atoms with E-state index in [4.69, 9.17) is 5.84 Å². The lowest BCUT2D eigenvalue weighted by atomic mass is 9.72. The molecule has 0 aromatic heterocycles. The maximum Gasteiger partial charge on any atom is 0.0218 e. The Morgan fingerprint density at radius 1 is 1.09 bits per heavy atom. The number of rotatable bonds is 7. The molecule has 2 N–H and O–H groups in total. The summed E-state index contributed by atoms with van der Waals surface area (Å²) in [7, 11) is 2.29. The minimum atomic E-state index is 0.462. The summed E-state index contributed by atoms with van der Waals surface area (Å²) in [5.74, 6) is 9.49. The van der Waals surface area contributed by atoms with Crippen molar-refractivity contribution < 1.29 is 0 Å². The van der Waals surface area contributed by atoms with Gasteiger partial charge in [-0.05, 0) is 70.8 Å². The zero-order chi connectivity index (χ0) is 17.7. The van der Waals surface area contributed by atoms with Crippen molar-refractivity contribution in [3.8, 4) is 0 Å².